The van der Waals surface area contributed by atoms with E-state index < -0.39 is 5.91 Å². The van der Waals surface area contributed by atoms with E-state index in [4.69, 9.17) is 29.2 Å². The van der Waals surface area contributed by atoms with E-state index in [0.717, 1.165) is 11.5 Å². The summed E-state index contributed by atoms with van der Waals surface area (Å²) >= 11 is 0. The van der Waals surface area contributed by atoms with Crippen LogP contribution in [0.2, 0.25) is 0 Å². The monoisotopic (exact) mass is 477 g/mol. The van der Waals surface area contributed by atoms with Gasteiger partial charge in [0.05, 0.1) is 32.5 Å². The number of fused-ring (bicyclic) bond motifs is 1. The van der Waals surface area contributed by atoms with Crippen LogP contribution in [0, 0.1) is 5.41 Å². The molecule has 2 aliphatic heterocycles. The number of hydrogen-bond donors (Lipinski definition) is 1. The Morgan fingerprint density at radius 3 is 2.51 bits per heavy atom. The molecule has 0 aliphatic carbocycles. The molecule has 2 aromatic carbocycles. The molecule has 9 nitrogen and oxygen atoms in total. The van der Waals surface area contributed by atoms with Gasteiger partial charge >= 0.3 is 0 Å². The molecular weight excluding hydrogens is 450 g/mol. The van der Waals surface area contributed by atoms with Gasteiger partial charge in [-0.1, -0.05) is 6.07 Å². The molecule has 0 spiro atoms. The van der Waals surface area contributed by atoms with Crippen LogP contribution in [0.3, 0.4) is 0 Å². The van der Waals surface area contributed by atoms with Crippen LogP contribution < -0.4 is 18.9 Å². The standard InChI is InChI=1S/C26H27N3O6/c1-4-32-23-16-18(15-21-25(27)29-24(28-26(21)30)14-17(2)35-29)6-11-22(23)34-13-5-12-33-20-9-7-19(31-3)8-10-20/h6-11,14-16,27H,4-5,12-13H2,1-3H3/b21-15+,27-25?. The Kier molecular flexibility index (Phi) is 7.35. The average Bonchev–Trinajstić information content (AvgIpc) is 3.23. The molecule has 182 valence electrons. The van der Waals surface area contributed by atoms with Crippen LogP contribution in [0.4, 0.5) is 0 Å². The van der Waals surface area contributed by atoms with E-state index in [1.54, 1.807) is 44.4 Å². The molecule has 0 fully saturated rings. The first-order chi connectivity index (χ1) is 17.0. The Hall–Kier alpha value is -4.27. The molecule has 4 rings (SSSR count). The van der Waals surface area contributed by atoms with Gasteiger partial charge in [-0.2, -0.15) is 4.99 Å². The number of hydroxylamine groups is 2. The first-order valence-electron chi connectivity index (χ1n) is 11.2. The van der Waals surface area contributed by atoms with E-state index in [1.165, 1.54) is 5.06 Å². The number of amides is 1. The van der Waals surface area contributed by atoms with Gasteiger partial charge in [-0.15, -0.1) is 5.06 Å². The highest BCUT2D eigenvalue weighted by Gasteiger charge is 2.34. The minimum absolute atomic E-state index is 0.0664. The van der Waals surface area contributed by atoms with Gasteiger partial charge < -0.3 is 23.8 Å². The highest BCUT2D eigenvalue weighted by Crippen LogP contribution is 2.31. The Balaban J connectivity index is 1.38. The molecule has 9 heteroatoms. The quantitative estimate of drug-likeness (QED) is 0.400. The molecule has 0 radical (unpaired) electrons. The number of benzene rings is 2. The minimum Gasteiger partial charge on any atom is -0.497 e. The molecule has 35 heavy (non-hydrogen) atoms. The molecule has 0 saturated carbocycles. The van der Waals surface area contributed by atoms with Gasteiger partial charge in [0.1, 0.15) is 17.3 Å². The first-order valence-corrected chi connectivity index (χ1v) is 11.2. The first kappa shape index (κ1) is 23.9. The number of nitrogens with zero attached hydrogens (tertiary/aromatic N) is 2. The van der Waals surface area contributed by atoms with Crippen LogP contribution in [0.1, 0.15) is 25.8 Å². The van der Waals surface area contributed by atoms with Gasteiger partial charge in [0.15, 0.2) is 23.2 Å². The van der Waals surface area contributed by atoms with Crippen molar-refractivity contribution in [1.82, 2.24) is 5.06 Å². The molecule has 0 atom stereocenters. The Labute approximate surface area is 203 Å². The second kappa shape index (κ2) is 10.8. The Morgan fingerprint density at radius 2 is 1.77 bits per heavy atom. The average molecular weight is 478 g/mol. The number of carbonyl (C=O) groups excluding carboxylic acids is 1. The smallest absolute Gasteiger partial charge is 0.282 e. The van der Waals surface area contributed by atoms with Crippen molar-refractivity contribution in [1.29, 1.82) is 5.41 Å². The van der Waals surface area contributed by atoms with Crippen molar-refractivity contribution in [3.05, 3.63) is 65.4 Å². The van der Waals surface area contributed by atoms with Crippen LogP contribution in [-0.4, -0.2) is 49.6 Å². The number of carbonyl (C=O) groups is 1. The lowest BCUT2D eigenvalue weighted by Gasteiger charge is -2.23. The lowest BCUT2D eigenvalue weighted by molar-refractivity contribution is -0.114. The second-order valence-corrected chi connectivity index (χ2v) is 7.69. The summed E-state index contributed by atoms with van der Waals surface area (Å²) in [4.78, 5) is 22.0. The third-order valence-electron chi connectivity index (χ3n) is 5.13. The second-order valence-electron chi connectivity index (χ2n) is 7.69. The Bertz CT molecular complexity index is 1200. The van der Waals surface area contributed by atoms with Gasteiger partial charge in [-0.25, -0.2) is 0 Å². The maximum absolute atomic E-state index is 12.5. The lowest BCUT2D eigenvalue weighted by atomic mass is 10.1. The van der Waals surface area contributed by atoms with Crippen LogP contribution in [0.25, 0.3) is 6.08 Å². The summed E-state index contributed by atoms with van der Waals surface area (Å²) in [6.07, 6.45) is 3.89. The number of allylic oxidation sites excluding steroid dienone is 1. The minimum atomic E-state index is -0.494. The van der Waals surface area contributed by atoms with Crippen molar-refractivity contribution >= 4 is 23.7 Å². The molecule has 2 aliphatic rings. The van der Waals surface area contributed by atoms with Gasteiger partial charge in [-0.3, -0.25) is 10.2 Å². The van der Waals surface area contributed by atoms with Crippen molar-refractivity contribution in [2.75, 3.05) is 26.9 Å². The van der Waals surface area contributed by atoms with Crippen molar-refractivity contribution < 1.29 is 28.6 Å². The maximum atomic E-state index is 12.5. The van der Waals surface area contributed by atoms with Crippen molar-refractivity contribution in [3.63, 3.8) is 0 Å². The number of hydrogen-bond acceptors (Lipinski definition) is 7. The normalized spacial score (nSPS) is 15.9. The third-order valence-corrected chi connectivity index (χ3v) is 5.13. The molecule has 2 heterocycles. The predicted molar refractivity (Wildman–Crippen MR) is 131 cm³/mol. The van der Waals surface area contributed by atoms with Crippen molar-refractivity contribution in [2.45, 2.75) is 20.3 Å². The highest BCUT2D eigenvalue weighted by atomic mass is 16.7. The number of nitrogens with one attached hydrogen (secondary N) is 1. The maximum Gasteiger partial charge on any atom is 0.282 e. The van der Waals surface area contributed by atoms with Gasteiger partial charge in [-0.05, 0) is 61.9 Å². The van der Waals surface area contributed by atoms with E-state index >= 15 is 0 Å². The lowest BCUT2D eigenvalue weighted by Crippen LogP contribution is -2.38. The molecule has 1 amide bonds. The zero-order valence-electron chi connectivity index (χ0n) is 19.9. The van der Waals surface area contributed by atoms with Crippen molar-refractivity contribution in [3.8, 4) is 23.0 Å². The summed E-state index contributed by atoms with van der Waals surface area (Å²) < 4.78 is 22.5. The van der Waals surface area contributed by atoms with Crippen molar-refractivity contribution in [2.24, 2.45) is 4.99 Å². The van der Waals surface area contributed by atoms with E-state index in [1.807, 2.05) is 31.2 Å². The fourth-order valence-corrected chi connectivity index (χ4v) is 3.47. The van der Waals surface area contributed by atoms with Gasteiger partial charge in [0.2, 0.25) is 0 Å². The third kappa shape index (κ3) is 5.63. The summed E-state index contributed by atoms with van der Waals surface area (Å²) in [5, 5.41) is 9.59. The van der Waals surface area contributed by atoms with Gasteiger partial charge in [0, 0.05) is 12.5 Å². The highest BCUT2D eigenvalue weighted by molar-refractivity contribution is 6.32. The summed E-state index contributed by atoms with van der Waals surface area (Å²) in [6, 6.07) is 12.8. The largest absolute Gasteiger partial charge is 0.497 e. The summed E-state index contributed by atoms with van der Waals surface area (Å²) in [6.45, 7) is 5.01. The van der Waals surface area contributed by atoms with Crippen LogP contribution in [-0.2, 0) is 9.63 Å². The number of methoxy groups -OCH3 is 1. The van der Waals surface area contributed by atoms with Crippen LogP contribution >= 0.6 is 0 Å². The summed E-state index contributed by atoms with van der Waals surface area (Å²) in [5.41, 5.74) is 0.808. The fraction of sp³-hybridized carbons (Fsp3) is 0.269. The molecule has 0 aromatic heterocycles. The molecule has 1 N–H and O–H groups in total. The number of amidine groups is 2. The van der Waals surface area contributed by atoms with E-state index in [0.29, 0.717) is 54.9 Å². The summed E-state index contributed by atoms with van der Waals surface area (Å²) in [5.74, 6) is 3.00. The molecule has 0 unspecified atom stereocenters. The Morgan fingerprint density at radius 1 is 1.03 bits per heavy atom. The van der Waals surface area contributed by atoms with Crippen LogP contribution in [0.15, 0.2) is 64.9 Å². The zero-order chi connectivity index (χ0) is 24.8. The van der Waals surface area contributed by atoms with Crippen LogP contribution in [0.5, 0.6) is 23.0 Å². The molecule has 2 aromatic rings. The number of aliphatic imine (C=N–C) groups is 1. The predicted octanol–water partition coefficient (Wildman–Crippen LogP) is 4.39. The SMILES string of the molecule is CCOc1cc(/C=C2\C(=N)N3OC(C)=CC3=NC2=O)ccc1OCCCOc1ccc(OC)cc1. The molecule has 0 bridgehead atoms. The molecular formula is C26H27N3O6. The van der Waals surface area contributed by atoms with E-state index in [9.17, 15) is 4.79 Å². The topological polar surface area (TPSA) is 103 Å². The molecule has 0 saturated heterocycles. The number of ether oxygens (including phenoxy) is 4. The summed E-state index contributed by atoms with van der Waals surface area (Å²) in [7, 11) is 1.62. The van der Waals surface area contributed by atoms with E-state index in [-0.39, 0.29) is 11.4 Å². The zero-order valence-corrected chi connectivity index (χ0v) is 19.9. The number of rotatable bonds is 10. The van der Waals surface area contributed by atoms with Gasteiger partial charge in [0.25, 0.3) is 5.91 Å². The van der Waals surface area contributed by atoms with E-state index in [2.05, 4.69) is 4.99 Å². The fourth-order valence-electron chi connectivity index (χ4n) is 3.47.